The lowest BCUT2D eigenvalue weighted by Gasteiger charge is -2.20. The number of hydrogen-bond donors (Lipinski definition) is 1. The molecule has 68 valence electrons. The summed E-state index contributed by atoms with van der Waals surface area (Å²) in [4.78, 5) is 0. The molecule has 0 spiro atoms. The molecule has 1 aromatic rings. The van der Waals surface area contributed by atoms with E-state index in [-0.39, 0.29) is 0 Å². The zero-order valence-electron chi connectivity index (χ0n) is 7.66. The largest absolute Gasteiger partial charge is 0.364 e. The van der Waals surface area contributed by atoms with E-state index < -0.39 is 0 Å². The molecule has 0 amide bonds. The summed E-state index contributed by atoms with van der Waals surface area (Å²) in [7, 11) is 2.01. The van der Waals surface area contributed by atoms with Crippen molar-refractivity contribution in [3.05, 3.63) is 35.4 Å². The Bertz CT molecular complexity index is 335. The van der Waals surface area contributed by atoms with Gasteiger partial charge in [-0.25, -0.2) is 0 Å². The molecular formula is C11H13NO. The van der Waals surface area contributed by atoms with E-state index in [1.807, 2.05) is 7.05 Å². The Morgan fingerprint density at radius 3 is 2.85 bits per heavy atom. The van der Waals surface area contributed by atoms with Gasteiger partial charge in [-0.05, 0) is 24.6 Å². The van der Waals surface area contributed by atoms with Gasteiger partial charge in [0.25, 0.3) is 0 Å². The van der Waals surface area contributed by atoms with E-state index in [0.717, 1.165) is 6.42 Å². The molecule has 1 fully saturated rings. The van der Waals surface area contributed by atoms with Gasteiger partial charge in [0.1, 0.15) is 0 Å². The fourth-order valence-corrected chi connectivity index (χ4v) is 2.50. The molecule has 13 heavy (non-hydrogen) atoms. The van der Waals surface area contributed by atoms with Crippen LogP contribution in [0.15, 0.2) is 24.3 Å². The van der Waals surface area contributed by atoms with Crippen LogP contribution < -0.4 is 5.32 Å². The first-order valence-electron chi connectivity index (χ1n) is 4.81. The number of nitrogens with one attached hydrogen (secondary N) is 1. The third-order valence-corrected chi connectivity index (χ3v) is 3.16. The summed E-state index contributed by atoms with van der Waals surface area (Å²) in [6.07, 6.45) is 1.77. The van der Waals surface area contributed by atoms with Crippen molar-refractivity contribution < 1.29 is 4.74 Å². The number of hydrogen-bond acceptors (Lipinski definition) is 2. The number of benzene rings is 1. The first-order chi connectivity index (χ1) is 6.40. The average molecular weight is 175 g/mol. The highest BCUT2D eigenvalue weighted by Crippen LogP contribution is 2.50. The fraction of sp³-hybridized carbons (Fsp3) is 0.455. The van der Waals surface area contributed by atoms with Crippen molar-refractivity contribution in [1.29, 1.82) is 0 Å². The van der Waals surface area contributed by atoms with Crippen molar-refractivity contribution in [2.45, 2.75) is 24.7 Å². The normalized spacial score (nSPS) is 35.0. The summed E-state index contributed by atoms with van der Waals surface area (Å²) in [5.74, 6) is 0. The Kier molecular flexibility index (Phi) is 1.49. The lowest BCUT2D eigenvalue weighted by Crippen LogP contribution is -2.29. The van der Waals surface area contributed by atoms with Crippen LogP contribution in [0, 0.1) is 0 Å². The summed E-state index contributed by atoms with van der Waals surface area (Å²) in [6, 6.07) is 9.07. The van der Waals surface area contributed by atoms with Crippen LogP contribution in [-0.4, -0.2) is 13.1 Å². The maximum atomic E-state index is 5.88. The maximum absolute atomic E-state index is 5.88. The summed E-state index contributed by atoms with van der Waals surface area (Å²) in [5, 5.41) is 3.31. The van der Waals surface area contributed by atoms with E-state index in [2.05, 4.69) is 29.6 Å². The molecule has 2 aliphatic heterocycles. The third kappa shape index (κ3) is 0.901. The number of ether oxygens (including phenoxy) is 1. The van der Waals surface area contributed by atoms with Gasteiger partial charge in [-0.2, -0.15) is 0 Å². The smallest absolute Gasteiger partial charge is 0.0990 e. The van der Waals surface area contributed by atoms with Crippen LogP contribution in [0.2, 0.25) is 0 Å². The second kappa shape index (κ2) is 2.56. The quantitative estimate of drug-likeness (QED) is 0.702. The molecule has 3 rings (SSSR count). The molecule has 0 saturated carbocycles. The third-order valence-electron chi connectivity index (χ3n) is 3.16. The lowest BCUT2D eigenvalue weighted by atomic mass is 9.88. The van der Waals surface area contributed by atoms with Crippen molar-refractivity contribution in [1.82, 2.24) is 5.32 Å². The minimum atomic E-state index is 0.297. The first-order valence-corrected chi connectivity index (χ1v) is 4.81. The van der Waals surface area contributed by atoms with Crippen molar-refractivity contribution in [3.8, 4) is 0 Å². The molecule has 2 heteroatoms. The molecular weight excluding hydrogens is 162 g/mol. The van der Waals surface area contributed by atoms with Crippen LogP contribution in [0.3, 0.4) is 0 Å². The van der Waals surface area contributed by atoms with Gasteiger partial charge in [0.05, 0.1) is 12.2 Å². The first kappa shape index (κ1) is 7.54. The molecule has 2 nitrogen and oxygen atoms in total. The Morgan fingerprint density at radius 2 is 2.08 bits per heavy atom. The Balaban J connectivity index is 2.07. The van der Waals surface area contributed by atoms with Crippen molar-refractivity contribution in [2.75, 3.05) is 7.05 Å². The molecule has 0 aromatic heterocycles. The van der Waals surface area contributed by atoms with Crippen LogP contribution >= 0.6 is 0 Å². The number of rotatable bonds is 1. The second-order valence-corrected chi connectivity index (χ2v) is 3.81. The molecule has 1 N–H and O–H groups in total. The topological polar surface area (TPSA) is 21.3 Å². The van der Waals surface area contributed by atoms with Crippen LogP contribution in [0.1, 0.15) is 29.8 Å². The minimum Gasteiger partial charge on any atom is -0.364 e. The zero-order valence-corrected chi connectivity index (χ0v) is 7.66. The van der Waals surface area contributed by atoms with Crippen molar-refractivity contribution in [2.24, 2.45) is 0 Å². The molecule has 2 heterocycles. The number of likely N-dealkylation sites (N-methyl/N-ethyl adjacent to an activating group) is 1. The summed E-state index contributed by atoms with van der Waals surface area (Å²) >= 11 is 0. The highest BCUT2D eigenvalue weighted by atomic mass is 16.5. The maximum Gasteiger partial charge on any atom is 0.0990 e. The predicted octanol–water partition coefficient (Wildman–Crippen LogP) is 1.79. The van der Waals surface area contributed by atoms with Gasteiger partial charge in [0.15, 0.2) is 0 Å². The monoisotopic (exact) mass is 175 g/mol. The van der Waals surface area contributed by atoms with E-state index >= 15 is 0 Å². The van der Waals surface area contributed by atoms with Crippen molar-refractivity contribution >= 4 is 0 Å². The number of fused-ring (bicyclic) bond motifs is 5. The molecule has 0 unspecified atom stereocenters. The van der Waals surface area contributed by atoms with Crippen LogP contribution in [-0.2, 0) is 4.74 Å². The molecule has 1 aromatic carbocycles. The Hall–Kier alpha value is -0.860. The summed E-state index contributed by atoms with van der Waals surface area (Å²) in [6.45, 7) is 0. The van der Waals surface area contributed by atoms with Gasteiger partial charge in [-0.1, -0.05) is 24.3 Å². The Labute approximate surface area is 77.9 Å². The zero-order chi connectivity index (χ0) is 8.84. The van der Waals surface area contributed by atoms with E-state index in [1.54, 1.807) is 0 Å². The van der Waals surface area contributed by atoms with Gasteiger partial charge in [0, 0.05) is 6.04 Å². The highest BCUT2D eigenvalue weighted by molar-refractivity contribution is 5.38. The Morgan fingerprint density at radius 1 is 1.31 bits per heavy atom. The second-order valence-electron chi connectivity index (χ2n) is 3.81. The molecule has 2 bridgehead atoms. The molecule has 0 radical (unpaired) electrons. The van der Waals surface area contributed by atoms with Crippen LogP contribution in [0.25, 0.3) is 0 Å². The standard InChI is InChI=1S/C11H13NO/c1-12-9-6-10-7-4-2-3-5-8(7)11(9)13-10/h2-5,9-12H,6H2,1H3/t9-,10+,11+/m0/s1. The van der Waals surface area contributed by atoms with Crippen LogP contribution in [0.5, 0.6) is 0 Å². The van der Waals surface area contributed by atoms with Gasteiger partial charge in [-0.15, -0.1) is 0 Å². The van der Waals surface area contributed by atoms with Gasteiger partial charge in [0.2, 0.25) is 0 Å². The predicted molar refractivity (Wildman–Crippen MR) is 50.5 cm³/mol. The molecule has 1 saturated heterocycles. The van der Waals surface area contributed by atoms with Gasteiger partial charge < -0.3 is 10.1 Å². The average Bonchev–Trinajstić information content (AvgIpc) is 2.75. The van der Waals surface area contributed by atoms with Gasteiger partial charge >= 0.3 is 0 Å². The fourth-order valence-electron chi connectivity index (χ4n) is 2.50. The molecule has 3 atom stereocenters. The summed E-state index contributed by atoms with van der Waals surface area (Å²) in [5.41, 5.74) is 2.79. The molecule has 0 aliphatic carbocycles. The van der Waals surface area contributed by atoms with E-state index in [9.17, 15) is 0 Å². The molecule has 2 aliphatic rings. The van der Waals surface area contributed by atoms with Crippen molar-refractivity contribution in [3.63, 3.8) is 0 Å². The highest BCUT2D eigenvalue weighted by Gasteiger charge is 2.43. The summed E-state index contributed by atoms with van der Waals surface area (Å²) < 4.78 is 5.88. The van der Waals surface area contributed by atoms with E-state index in [0.29, 0.717) is 18.2 Å². The lowest BCUT2D eigenvalue weighted by molar-refractivity contribution is 0.0654. The van der Waals surface area contributed by atoms with Crippen LogP contribution in [0.4, 0.5) is 0 Å². The van der Waals surface area contributed by atoms with E-state index in [4.69, 9.17) is 4.74 Å². The van der Waals surface area contributed by atoms with E-state index in [1.165, 1.54) is 11.1 Å². The minimum absolute atomic E-state index is 0.297. The van der Waals surface area contributed by atoms with Gasteiger partial charge in [-0.3, -0.25) is 0 Å². The SMILES string of the molecule is CN[C@H]1C[C@H]2O[C@@H]1c1ccccc12.